The molecule has 2 aromatic heterocycles. The molecule has 2 heterocycles. The Morgan fingerprint density at radius 1 is 1.00 bits per heavy atom. The first-order chi connectivity index (χ1) is 11.5. The molecule has 138 valence electrons. The standard InChI is InChI=1S/C10H8N2.C6H12O2.C2H4O2.Pd/c1-3-7-11-9(5-1)10-6-2-4-8-12-10;1-3-4-5-8-6(2)7;1-2(3)4;/h1-8H;3-5H2,1-2H3;1H3,(H,3,4);/q;;;+2. The minimum Gasteiger partial charge on any atom is -0.481 e. The molecule has 0 atom stereocenters. The van der Waals surface area contributed by atoms with Gasteiger partial charge in [0.05, 0.1) is 18.0 Å². The second-order valence-corrected chi connectivity index (χ2v) is 4.64. The normalized spacial score (nSPS) is 8.44. The Hall–Kier alpha value is -2.10. The number of carbonyl (C=O) groups is 2. The smallest absolute Gasteiger partial charge is 0.481 e. The molecule has 0 aliphatic rings. The van der Waals surface area contributed by atoms with Crippen molar-refractivity contribution in [1.29, 1.82) is 0 Å². The molecule has 6 nitrogen and oxygen atoms in total. The quantitative estimate of drug-likeness (QED) is 0.446. The number of ether oxygens (including phenoxy) is 1. The number of esters is 1. The van der Waals surface area contributed by atoms with Gasteiger partial charge in [-0.3, -0.25) is 19.6 Å². The Bertz CT molecular complexity index is 539. The molecule has 0 aromatic carbocycles. The number of nitrogens with zero attached hydrogens (tertiary/aromatic N) is 2. The average molecular weight is 439 g/mol. The van der Waals surface area contributed by atoms with E-state index in [1.165, 1.54) is 6.92 Å². The van der Waals surface area contributed by atoms with Crippen LogP contribution in [0.15, 0.2) is 48.8 Å². The summed E-state index contributed by atoms with van der Waals surface area (Å²) in [6.45, 7) is 5.14. The van der Waals surface area contributed by atoms with Crippen LogP contribution in [-0.2, 0) is 34.7 Å². The summed E-state index contributed by atoms with van der Waals surface area (Å²) in [5, 5.41) is 7.42. The molecule has 25 heavy (non-hydrogen) atoms. The Morgan fingerprint density at radius 2 is 1.44 bits per heavy atom. The van der Waals surface area contributed by atoms with E-state index in [1.807, 2.05) is 36.4 Å². The number of aliphatic carboxylic acids is 1. The van der Waals surface area contributed by atoms with Crippen LogP contribution in [0.4, 0.5) is 0 Å². The third-order valence-electron chi connectivity index (χ3n) is 2.40. The number of hydrogen-bond acceptors (Lipinski definition) is 5. The molecule has 1 N–H and O–H groups in total. The van der Waals surface area contributed by atoms with Crippen LogP contribution in [0.2, 0.25) is 0 Å². The molecule has 7 heteroatoms. The van der Waals surface area contributed by atoms with Gasteiger partial charge in [0.15, 0.2) is 0 Å². The van der Waals surface area contributed by atoms with E-state index >= 15 is 0 Å². The van der Waals surface area contributed by atoms with Crippen LogP contribution in [0.5, 0.6) is 0 Å². The predicted octanol–water partition coefficient (Wildman–Crippen LogP) is 3.58. The maximum Gasteiger partial charge on any atom is 2.00 e. The summed E-state index contributed by atoms with van der Waals surface area (Å²) in [5.41, 5.74) is 1.83. The van der Waals surface area contributed by atoms with Gasteiger partial charge in [-0.25, -0.2) is 0 Å². The van der Waals surface area contributed by atoms with Gasteiger partial charge < -0.3 is 9.84 Å². The number of carbonyl (C=O) groups excluding carboxylic acids is 1. The Kier molecular flexibility index (Phi) is 16.8. The van der Waals surface area contributed by atoms with Crippen molar-refractivity contribution < 1.29 is 39.9 Å². The van der Waals surface area contributed by atoms with Crippen molar-refractivity contribution in [3.05, 3.63) is 48.8 Å². The van der Waals surface area contributed by atoms with Crippen molar-refractivity contribution in [2.24, 2.45) is 0 Å². The zero-order chi connectivity index (χ0) is 18.2. The maximum atomic E-state index is 10.1. The first-order valence-corrected chi connectivity index (χ1v) is 7.62. The molecular formula is C18H24N2O4Pd+2. The molecule has 0 saturated carbocycles. The SMILES string of the molecule is CC(=O)O.CCCCOC(C)=O.[Pd+2].c1ccc(-c2ccccn2)nc1. The van der Waals surface area contributed by atoms with E-state index in [1.54, 1.807) is 12.4 Å². The van der Waals surface area contributed by atoms with Crippen molar-refractivity contribution in [2.45, 2.75) is 33.6 Å². The Labute approximate surface area is 162 Å². The van der Waals surface area contributed by atoms with Gasteiger partial charge >= 0.3 is 26.4 Å². The van der Waals surface area contributed by atoms with Crippen molar-refractivity contribution in [3.8, 4) is 11.4 Å². The zero-order valence-corrected chi connectivity index (χ0v) is 16.2. The van der Waals surface area contributed by atoms with Crippen molar-refractivity contribution in [1.82, 2.24) is 9.97 Å². The first-order valence-electron chi connectivity index (χ1n) is 7.62. The number of aromatic nitrogens is 2. The summed E-state index contributed by atoms with van der Waals surface area (Å²) in [6, 6.07) is 11.6. The molecule has 0 aliphatic heterocycles. The molecule has 2 rings (SSSR count). The fraction of sp³-hybridized carbons (Fsp3) is 0.333. The number of unbranched alkanes of at least 4 members (excludes halogenated alkanes) is 1. The van der Waals surface area contributed by atoms with E-state index in [9.17, 15) is 4.79 Å². The van der Waals surface area contributed by atoms with E-state index in [0.29, 0.717) is 6.61 Å². The predicted molar refractivity (Wildman–Crippen MR) is 92.3 cm³/mol. The fourth-order valence-electron chi connectivity index (χ4n) is 1.39. The molecule has 0 amide bonds. The molecule has 0 bridgehead atoms. The Morgan fingerprint density at radius 3 is 1.72 bits per heavy atom. The van der Waals surface area contributed by atoms with Gasteiger partial charge in [0.1, 0.15) is 0 Å². The maximum absolute atomic E-state index is 10.1. The van der Waals surface area contributed by atoms with E-state index in [0.717, 1.165) is 31.2 Å². The summed E-state index contributed by atoms with van der Waals surface area (Å²) in [6.07, 6.45) is 5.58. The van der Waals surface area contributed by atoms with Crippen LogP contribution in [0.3, 0.4) is 0 Å². The van der Waals surface area contributed by atoms with E-state index in [-0.39, 0.29) is 26.4 Å². The van der Waals surface area contributed by atoms with Crippen LogP contribution in [0.25, 0.3) is 11.4 Å². The van der Waals surface area contributed by atoms with E-state index in [2.05, 4.69) is 21.6 Å². The monoisotopic (exact) mass is 438 g/mol. The molecular weight excluding hydrogens is 415 g/mol. The molecule has 0 radical (unpaired) electrons. The molecule has 0 aliphatic carbocycles. The van der Waals surface area contributed by atoms with Crippen LogP contribution in [-0.4, -0.2) is 33.6 Å². The summed E-state index contributed by atoms with van der Waals surface area (Å²) in [4.78, 5) is 27.5. The van der Waals surface area contributed by atoms with Gasteiger partial charge in [-0.2, -0.15) is 0 Å². The summed E-state index contributed by atoms with van der Waals surface area (Å²) in [5.74, 6) is -1.02. The topological polar surface area (TPSA) is 89.4 Å². The number of carboxylic acids is 1. The number of carboxylic acid groups (broad SMARTS) is 1. The molecule has 0 spiro atoms. The van der Waals surface area contributed by atoms with E-state index in [4.69, 9.17) is 9.90 Å². The second-order valence-electron chi connectivity index (χ2n) is 4.64. The number of rotatable bonds is 4. The van der Waals surface area contributed by atoms with Gasteiger partial charge in [0.2, 0.25) is 0 Å². The van der Waals surface area contributed by atoms with E-state index < -0.39 is 5.97 Å². The molecule has 0 saturated heterocycles. The Balaban J connectivity index is 0. The van der Waals surface area contributed by atoms with Crippen LogP contribution in [0, 0.1) is 0 Å². The molecule has 2 aromatic rings. The largest absolute Gasteiger partial charge is 2.00 e. The zero-order valence-electron chi connectivity index (χ0n) is 14.6. The number of pyridine rings is 2. The van der Waals surface area contributed by atoms with Gasteiger partial charge in [0.25, 0.3) is 5.97 Å². The third-order valence-corrected chi connectivity index (χ3v) is 2.40. The first kappa shape index (κ1) is 25.1. The fourth-order valence-corrected chi connectivity index (χ4v) is 1.39. The summed E-state index contributed by atoms with van der Waals surface area (Å²) in [7, 11) is 0. The number of hydrogen-bond donors (Lipinski definition) is 1. The van der Waals surface area contributed by atoms with Gasteiger partial charge in [0, 0.05) is 26.2 Å². The van der Waals surface area contributed by atoms with Crippen LogP contribution in [0.1, 0.15) is 33.6 Å². The minimum absolute atomic E-state index is 0. The second kappa shape index (κ2) is 16.7. The molecule has 0 fully saturated rings. The van der Waals surface area contributed by atoms with Gasteiger partial charge in [-0.1, -0.05) is 25.5 Å². The van der Waals surface area contributed by atoms with Gasteiger partial charge in [-0.15, -0.1) is 0 Å². The van der Waals surface area contributed by atoms with Crippen molar-refractivity contribution in [3.63, 3.8) is 0 Å². The summed E-state index contributed by atoms with van der Waals surface area (Å²) >= 11 is 0. The van der Waals surface area contributed by atoms with Crippen molar-refractivity contribution in [2.75, 3.05) is 6.61 Å². The van der Waals surface area contributed by atoms with Crippen LogP contribution >= 0.6 is 0 Å². The average Bonchev–Trinajstić information content (AvgIpc) is 2.57. The van der Waals surface area contributed by atoms with Crippen LogP contribution < -0.4 is 0 Å². The minimum atomic E-state index is -0.833. The molecule has 0 unspecified atom stereocenters. The van der Waals surface area contributed by atoms with Crippen molar-refractivity contribution >= 4 is 11.9 Å². The van der Waals surface area contributed by atoms with Gasteiger partial charge in [-0.05, 0) is 30.7 Å². The summed E-state index contributed by atoms with van der Waals surface area (Å²) < 4.78 is 4.64. The third kappa shape index (κ3) is 16.5.